The number of hydrogen-bond acceptors (Lipinski definition) is 1. The maximum absolute atomic E-state index is 12.1. The van der Waals surface area contributed by atoms with E-state index in [0.717, 1.165) is 24.7 Å². The van der Waals surface area contributed by atoms with Crippen molar-refractivity contribution in [3.8, 4) is 0 Å². The Bertz CT molecular complexity index is 444. The molecule has 1 N–H and O–H groups in total. The van der Waals surface area contributed by atoms with Gasteiger partial charge in [0.2, 0.25) is 5.91 Å². The molecule has 2 unspecified atom stereocenters. The van der Waals surface area contributed by atoms with Gasteiger partial charge in [0.15, 0.2) is 0 Å². The number of nitrogens with one attached hydrogen (secondary N) is 1. The molecule has 4 heteroatoms. The zero-order valence-corrected chi connectivity index (χ0v) is 10.8. The highest BCUT2D eigenvalue weighted by molar-refractivity contribution is 6.39. The minimum absolute atomic E-state index is 0.0622. The summed E-state index contributed by atoms with van der Waals surface area (Å²) in [6, 6.07) is 5.23. The Morgan fingerprint density at radius 2 is 1.71 bits per heavy atom. The van der Waals surface area contributed by atoms with E-state index in [0.29, 0.717) is 15.7 Å². The highest BCUT2D eigenvalue weighted by Crippen LogP contribution is 2.54. The predicted molar refractivity (Wildman–Crippen MR) is 69.4 cm³/mol. The Labute approximate surface area is 110 Å². The number of rotatable bonds is 2. The Balaban J connectivity index is 1.72. The van der Waals surface area contributed by atoms with E-state index in [1.165, 1.54) is 6.42 Å². The Hall–Kier alpha value is -0.730. The predicted octanol–water partition coefficient (Wildman–Crippen LogP) is 3.98. The third kappa shape index (κ3) is 2.16. The molecule has 2 atom stereocenters. The largest absolute Gasteiger partial charge is 0.323 e. The van der Waals surface area contributed by atoms with Crippen LogP contribution in [0.15, 0.2) is 18.2 Å². The van der Waals surface area contributed by atoms with Crippen LogP contribution in [0, 0.1) is 17.8 Å². The van der Waals surface area contributed by atoms with Crippen molar-refractivity contribution in [3.63, 3.8) is 0 Å². The smallest absolute Gasteiger partial charge is 0.227 e. The molecule has 0 bridgehead atoms. The van der Waals surface area contributed by atoms with Crippen molar-refractivity contribution < 1.29 is 4.79 Å². The topological polar surface area (TPSA) is 29.1 Å². The number of fused-ring (bicyclic) bond motifs is 1. The summed E-state index contributed by atoms with van der Waals surface area (Å²) in [5.74, 6) is 1.80. The molecule has 2 nitrogen and oxygen atoms in total. The molecule has 0 spiro atoms. The number of amides is 1. The van der Waals surface area contributed by atoms with Crippen LogP contribution in [0.4, 0.5) is 5.69 Å². The van der Waals surface area contributed by atoms with Crippen LogP contribution in [-0.2, 0) is 4.79 Å². The summed E-state index contributed by atoms with van der Waals surface area (Å²) in [6.07, 6.45) is 3.37. The Morgan fingerprint density at radius 1 is 1.12 bits per heavy atom. The average molecular weight is 270 g/mol. The normalized spacial score (nSPS) is 29.9. The van der Waals surface area contributed by atoms with Gasteiger partial charge in [-0.1, -0.05) is 29.3 Å². The molecule has 2 aliphatic carbocycles. The molecule has 3 rings (SSSR count). The van der Waals surface area contributed by atoms with Crippen LogP contribution in [0.25, 0.3) is 0 Å². The van der Waals surface area contributed by atoms with Gasteiger partial charge in [0, 0.05) is 5.92 Å². The van der Waals surface area contributed by atoms with Crippen molar-refractivity contribution in [3.05, 3.63) is 28.2 Å². The minimum Gasteiger partial charge on any atom is -0.323 e. The quantitative estimate of drug-likeness (QED) is 0.865. The van der Waals surface area contributed by atoms with E-state index >= 15 is 0 Å². The second-order valence-electron chi connectivity index (χ2n) is 5.01. The maximum atomic E-state index is 12.1. The van der Waals surface area contributed by atoms with Gasteiger partial charge in [0.1, 0.15) is 0 Å². The van der Waals surface area contributed by atoms with E-state index in [1.54, 1.807) is 18.2 Å². The van der Waals surface area contributed by atoms with Crippen LogP contribution in [0.3, 0.4) is 0 Å². The number of carbonyl (C=O) groups excluding carboxylic acids is 1. The van der Waals surface area contributed by atoms with E-state index in [9.17, 15) is 4.79 Å². The van der Waals surface area contributed by atoms with Crippen LogP contribution in [0.5, 0.6) is 0 Å². The Morgan fingerprint density at radius 3 is 2.29 bits per heavy atom. The molecule has 0 heterocycles. The SMILES string of the molecule is O=C(Nc1c(Cl)cccc1Cl)C1CC2CC2C1. The van der Waals surface area contributed by atoms with Crippen molar-refractivity contribution in [1.82, 2.24) is 0 Å². The number of halogens is 2. The van der Waals surface area contributed by atoms with Gasteiger partial charge in [-0.25, -0.2) is 0 Å². The lowest BCUT2D eigenvalue weighted by atomic mass is 10.0. The highest BCUT2D eigenvalue weighted by Gasteiger charge is 2.48. The van der Waals surface area contributed by atoms with Crippen molar-refractivity contribution >= 4 is 34.8 Å². The summed E-state index contributed by atoms with van der Waals surface area (Å²) >= 11 is 12.0. The van der Waals surface area contributed by atoms with Gasteiger partial charge < -0.3 is 5.32 Å². The summed E-state index contributed by atoms with van der Waals surface area (Å²) in [5, 5.41) is 3.85. The third-order valence-electron chi connectivity index (χ3n) is 3.83. The number of benzene rings is 1. The van der Waals surface area contributed by atoms with Gasteiger partial charge in [-0.3, -0.25) is 4.79 Å². The van der Waals surface area contributed by atoms with Gasteiger partial charge >= 0.3 is 0 Å². The lowest BCUT2D eigenvalue weighted by molar-refractivity contribution is -0.120. The van der Waals surface area contributed by atoms with Crippen LogP contribution in [-0.4, -0.2) is 5.91 Å². The van der Waals surface area contributed by atoms with Crippen molar-refractivity contribution in [2.45, 2.75) is 19.3 Å². The van der Waals surface area contributed by atoms with Crippen LogP contribution in [0.1, 0.15) is 19.3 Å². The molecule has 90 valence electrons. The molecule has 0 aromatic heterocycles. The van der Waals surface area contributed by atoms with Crippen molar-refractivity contribution in [2.75, 3.05) is 5.32 Å². The van der Waals surface area contributed by atoms with Gasteiger partial charge in [-0.2, -0.15) is 0 Å². The molecule has 17 heavy (non-hydrogen) atoms. The van der Waals surface area contributed by atoms with Crippen molar-refractivity contribution in [1.29, 1.82) is 0 Å². The van der Waals surface area contributed by atoms with Gasteiger partial charge in [0.05, 0.1) is 15.7 Å². The monoisotopic (exact) mass is 269 g/mol. The first-order chi connectivity index (χ1) is 8.15. The highest BCUT2D eigenvalue weighted by atomic mass is 35.5. The molecular weight excluding hydrogens is 257 g/mol. The molecule has 0 aliphatic heterocycles. The van der Waals surface area contributed by atoms with E-state index in [-0.39, 0.29) is 11.8 Å². The third-order valence-corrected chi connectivity index (χ3v) is 4.46. The van der Waals surface area contributed by atoms with Crippen LogP contribution < -0.4 is 5.32 Å². The summed E-state index contributed by atoms with van der Waals surface area (Å²) < 4.78 is 0. The fourth-order valence-electron chi connectivity index (χ4n) is 2.77. The number of carbonyl (C=O) groups is 1. The zero-order chi connectivity index (χ0) is 12.0. The average Bonchev–Trinajstić information content (AvgIpc) is 2.91. The van der Waals surface area contributed by atoms with Gasteiger partial charge in [0.25, 0.3) is 0 Å². The second-order valence-corrected chi connectivity index (χ2v) is 5.82. The van der Waals surface area contributed by atoms with E-state index in [2.05, 4.69) is 5.32 Å². The van der Waals surface area contributed by atoms with Crippen molar-refractivity contribution in [2.24, 2.45) is 17.8 Å². The molecule has 0 saturated heterocycles. The molecule has 2 saturated carbocycles. The first-order valence-electron chi connectivity index (χ1n) is 5.90. The summed E-state index contributed by atoms with van der Waals surface area (Å²) in [7, 11) is 0. The van der Waals surface area contributed by atoms with E-state index < -0.39 is 0 Å². The fraction of sp³-hybridized carbons (Fsp3) is 0.462. The molecule has 1 aromatic rings. The summed E-state index contributed by atoms with van der Waals surface area (Å²) in [5.41, 5.74) is 0.543. The summed E-state index contributed by atoms with van der Waals surface area (Å²) in [4.78, 5) is 12.1. The first-order valence-corrected chi connectivity index (χ1v) is 6.65. The Kier molecular flexibility index (Phi) is 2.80. The maximum Gasteiger partial charge on any atom is 0.227 e. The zero-order valence-electron chi connectivity index (χ0n) is 9.25. The fourth-order valence-corrected chi connectivity index (χ4v) is 3.26. The molecule has 2 aliphatic rings. The molecule has 1 aromatic carbocycles. The lowest BCUT2D eigenvalue weighted by Gasteiger charge is -2.14. The van der Waals surface area contributed by atoms with E-state index in [4.69, 9.17) is 23.2 Å². The number of para-hydroxylation sites is 1. The van der Waals surface area contributed by atoms with Gasteiger partial charge in [-0.15, -0.1) is 0 Å². The molecule has 1 amide bonds. The van der Waals surface area contributed by atoms with E-state index in [1.807, 2.05) is 0 Å². The van der Waals surface area contributed by atoms with Crippen LogP contribution >= 0.6 is 23.2 Å². The molecule has 0 radical (unpaired) electrons. The summed E-state index contributed by atoms with van der Waals surface area (Å²) in [6.45, 7) is 0. The minimum atomic E-state index is 0.0622. The lowest BCUT2D eigenvalue weighted by Crippen LogP contribution is -2.21. The van der Waals surface area contributed by atoms with Gasteiger partial charge in [-0.05, 0) is 43.2 Å². The first kappa shape index (κ1) is 11.4. The number of anilines is 1. The second kappa shape index (κ2) is 4.18. The molecule has 2 fully saturated rings. The number of hydrogen-bond donors (Lipinski definition) is 1. The molecular formula is C13H13Cl2NO. The standard InChI is InChI=1S/C13H13Cl2NO/c14-10-2-1-3-11(15)12(10)16-13(17)9-5-7-4-8(7)6-9/h1-3,7-9H,4-6H2,(H,16,17). The van der Waals surface area contributed by atoms with Crippen LogP contribution in [0.2, 0.25) is 10.0 Å².